The van der Waals surface area contributed by atoms with Crippen molar-refractivity contribution in [2.24, 2.45) is 0 Å². The average Bonchev–Trinajstić information content (AvgIpc) is 3.19. The van der Waals surface area contributed by atoms with Crippen LogP contribution in [0.1, 0.15) is 11.1 Å². The molecule has 2 aromatic heterocycles. The van der Waals surface area contributed by atoms with Crippen molar-refractivity contribution >= 4 is 35.0 Å². The van der Waals surface area contributed by atoms with Gasteiger partial charge in [-0.25, -0.2) is 4.98 Å². The largest absolute Gasteiger partial charge is 0.323 e. The summed E-state index contributed by atoms with van der Waals surface area (Å²) in [5.41, 5.74) is 4.71. The lowest BCUT2D eigenvalue weighted by Gasteiger charge is -2.11. The minimum atomic E-state index is -0.199. The number of hydrogen-bond donors (Lipinski definition) is 1. The van der Waals surface area contributed by atoms with E-state index in [1.807, 2.05) is 66.9 Å². The molecule has 31 heavy (non-hydrogen) atoms. The number of pyridine rings is 1. The molecule has 0 spiro atoms. The first-order chi connectivity index (χ1) is 15.0. The number of anilines is 1. The number of rotatable bonds is 6. The predicted octanol–water partition coefficient (Wildman–Crippen LogP) is 5.33. The van der Waals surface area contributed by atoms with Crippen molar-refractivity contribution in [3.63, 3.8) is 0 Å². The van der Waals surface area contributed by atoms with Crippen LogP contribution in [-0.2, 0) is 4.79 Å². The summed E-state index contributed by atoms with van der Waals surface area (Å²) < 4.78 is 1.97. The zero-order valence-corrected chi connectivity index (χ0v) is 18.6. The Hall–Kier alpha value is -3.16. The Bertz CT molecular complexity index is 1210. The van der Waals surface area contributed by atoms with Gasteiger partial charge in [0.1, 0.15) is 0 Å². The van der Waals surface area contributed by atoms with E-state index in [0.29, 0.717) is 10.8 Å². The fourth-order valence-electron chi connectivity index (χ4n) is 2.98. The Morgan fingerprint density at radius 3 is 2.35 bits per heavy atom. The number of nitrogens with zero attached hydrogens (tertiary/aromatic N) is 4. The van der Waals surface area contributed by atoms with Gasteiger partial charge in [0.25, 0.3) is 0 Å². The minimum Gasteiger partial charge on any atom is -0.323 e. The van der Waals surface area contributed by atoms with Gasteiger partial charge in [0.15, 0.2) is 16.1 Å². The molecule has 0 fully saturated rings. The summed E-state index contributed by atoms with van der Waals surface area (Å²) in [6, 6.07) is 19.7. The molecule has 0 unspecified atom stereocenters. The highest BCUT2D eigenvalue weighted by Gasteiger charge is 2.17. The predicted molar refractivity (Wildman–Crippen MR) is 125 cm³/mol. The lowest BCUT2D eigenvalue weighted by atomic mass is 10.1. The van der Waals surface area contributed by atoms with Crippen molar-refractivity contribution in [1.82, 2.24) is 19.7 Å². The van der Waals surface area contributed by atoms with Crippen molar-refractivity contribution in [2.45, 2.75) is 19.0 Å². The molecule has 2 aromatic carbocycles. The van der Waals surface area contributed by atoms with Crippen molar-refractivity contribution in [3.05, 3.63) is 83.1 Å². The molecule has 2 heterocycles. The van der Waals surface area contributed by atoms with Crippen LogP contribution in [0.5, 0.6) is 0 Å². The maximum atomic E-state index is 12.5. The van der Waals surface area contributed by atoms with Crippen LogP contribution in [0.3, 0.4) is 0 Å². The van der Waals surface area contributed by atoms with E-state index in [2.05, 4.69) is 20.5 Å². The highest BCUT2D eigenvalue weighted by Crippen LogP contribution is 2.28. The first-order valence-corrected chi connectivity index (χ1v) is 11.0. The van der Waals surface area contributed by atoms with E-state index in [9.17, 15) is 4.79 Å². The van der Waals surface area contributed by atoms with Crippen molar-refractivity contribution in [2.75, 3.05) is 11.1 Å². The van der Waals surface area contributed by atoms with Crippen molar-refractivity contribution < 1.29 is 4.79 Å². The number of benzene rings is 2. The van der Waals surface area contributed by atoms with Gasteiger partial charge in [0.05, 0.1) is 11.4 Å². The zero-order valence-electron chi connectivity index (χ0n) is 17.0. The fraction of sp³-hybridized carbons (Fsp3) is 0.130. The zero-order chi connectivity index (χ0) is 21.8. The quantitative estimate of drug-likeness (QED) is 0.318. The van der Waals surface area contributed by atoms with E-state index >= 15 is 0 Å². The monoisotopic (exact) mass is 449 g/mol. The summed E-state index contributed by atoms with van der Waals surface area (Å²) in [5, 5.41) is 12.5. The number of carbonyl (C=O) groups is 1. The number of aromatic nitrogens is 4. The van der Waals surface area contributed by atoms with Crippen LogP contribution in [0, 0.1) is 13.8 Å². The van der Waals surface area contributed by atoms with Gasteiger partial charge in [-0.1, -0.05) is 70.9 Å². The molecule has 4 aromatic rings. The molecule has 0 saturated carbocycles. The highest BCUT2D eigenvalue weighted by molar-refractivity contribution is 7.99. The van der Waals surface area contributed by atoms with E-state index in [0.717, 1.165) is 22.6 Å². The second kappa shape index (κ2) is 9.32. The van der Waals surface area contributed by atoms with Crippen molar-refractivity contribution in [3.8, 4) is 17.1 Å². The molecule has 0 bridgehead atoms. The Morgan fingerprint density at radius 1 is 1.00 bits per heavy atom. The molecule has 1 amide bonds. The molecule has 0 saturated heterocycles. The average molecular weight is 450 g/mol. The summed E-state index contributed by atoms with van der Waals surface area (Å²) in [6.07, 6.45) is 1.57. The Kier molecular flexibility index (Phi) is 6.34. The standard InChI is InChI=1S/C23H20ClN5OS/c1-15-5-9-17(10-6-15)22-27-28-23(29(22)18-11-7-16(2)8-12-18)31-14-20(30)26-19-4-3-13-25-21(19)24/h3-13H,14H2,1-2H3,(H,26,30). The van der Waals surface area contributed by atoms with E-state index < -0.39 is 0 Å². The lowest BCUT2D eigenvalue weighted by Crippen LogP contribution is -2.15. The van der Waals surface area contributed by atoms with E-state index in [1.54, 1.807) is 18.3 Å². The van der Waals surface area contributed by atoms with Gasteiger partial charge in [0, 0.05) is 17.4 Å². The first kappa shape index (κ1) is 21.1. The molecular formula is C23H20ClN5OS. The maximum Gasteiger partial charge on any atom is 0.234 e. The Morgan fingerprint density at radius 2 is 1.68 bits per heavy atom. The number of amides is 1. The third-order valence-electron chi connectivity index (χ3n) is 4.60. The maximum absolute atomic E-state index is 12.5. The third-order valence-corrected chi connectivity index (χ3v) is 5.83. The second-order valence-electron chi connectivity index (χ2n) is 7.02. The summed E-state index contributed by atoms with van der Waals surface area (Å²) >= 11 is 7.34. The smallest absolute Gasteiger partial charge is 0.234 e. The van der Waals surface area contributed by atoms with E-state index in [4.69, 9.17) is 11.6 Å². The van der Waals surface area contributed by atoms with Gasteiger partial charge < -0.3 is 5.32 Å². The topological polar surface area (TPSA) is 72.7 Å². The number of thioether (sulfide) groups is 1. The van der Waals surface area contributed by atoms with Gasteiger partial charge in [-0.15, -0.1) is 10.2 Å². The summed E-state index contributed by atoms with van der Waals surface area (Å²) in [5.74, 6) is 0.681. The molecular weight excluding hydrogens is 430 g/mol. The van der Waals surface area contributed by atoms with Gasteiger partial charge in [-0.3, -0.25) is 9.36 Å². The van der Waals surface area contributed by atoms with Crippen LogP contribution < -0.4 is 5.32 Å². The molecule has 1 N–H and O–H groups in total. The first-order valence-electron chi connectivity index (χ1n) is 9.64. The van der Waals surface area contributed by atoms with E-state index in [-0.39, 0.29) is 16.8 Å². The van der Waals surface area contributed by atoms with Crippen LogP contribution >= 0.6 is 23.4 Å². The van der Waals surface area contributed by atoms with Crippen LogP contribution in [0.2, 0.25) is 5.15 Å². The lowest BCUT2D eigenvalue weighted by molar-refractivity contribution is -0.113. The van der Waals surface area contributed by atoms with Crippen molar-refractivity contribution in [1.29, 1.82) is 0 Å². The molecule has 0 radical (unpaired) electrons. The molecule has 6 nitrogen and oxygen atoms in total. The van der Waals surface area contributed by atoms with E-state index in [1.165, 1.54) is 17.3 Å². The van der Waals surface area contributed by atoms with Crippen LogP contribution in [0.4, 0.5) is 5.69 Å². The van der Waals surface area contributed by atoms with Crippen LogP contribution in [-0.4, -0.2) is 31.4 Å². The number of halogens is 1. The van der Waals surface area contributed by atoms with Gasteiger partial charge in [-0.2, -0.15) is 0 Å². The molecule has 0 aliphatic rings. The molecule has 4 rings (SSSR count). The molecule has 8 heteroatoms. The third kappa shape index (κ3) is 4.95. The fourth-order valence-corrected chi connectivity index (χ4v) is 3.89. The highest BCUT2D eigenvalue weighted by atomic mass is 35.5. The SMILES string of the molecule is Cc1ccc(-c2nnc(SCC(=O)Nc3cccnc3Cl)n2-c2ccc(C)cc2)cc1. The second-order valence-corrected chi connectivity index (χ2v) is 8.32. The number of nitrogens with one attached hydrogen (secondary N) is 1. The van der Waals surface area contributed by atoms with Gasteiger partial charge >= 0.3 is 0 Å². The number of carbonyl (C=O) groups excluding carboxylic acids is 1. The summed E-state index contributed by atoms with van der Waals surface area (Å²) in [6.45, 7) is 4.09. The molecule has 0 aliphatic heterocycles. The molecule has 156 valence electrons. The van der Waals surface area contributed by atoms with Crippen LogP contribution in [0.15, 0.2) is 72.0 Å². The van der Waals surface area contributed by atoms with Crippen LogP contribution in [0.25, 0.3) is 17.1 Å². The summed E-state index contributed by atoms with van der Waals surface area (Å²) in [4.78, 5) is 16.4. The Balaban J connectivity index is 1.61. The Labute approximate surface area is 189 Å². The van der Waals surface area contributed by atoms with Gasteiger partial charge in [0.2, 0.25) is 5.91 Å². The molecule has 0 atom stereocenters. The number of aryl methyl sites for hydroxylation is 2. The summed E-state index contributed by atoms with van der Waals surface area (Å²) in [7, 11) is 0. The minimum absolute atomic E-state index is 0.156. The molecule has 0 aliphatic carbocycles. The number of hydrogen-bond acceptors (Lipinski definition) is 5. The van der Waals surface area contributed by atoms with Gasteiger partial charge in [-0.05, 0) is 38.1 Å². The normalized spacial score (nSPS) is 10.8.